The lowest BCUT2D eigenvalue weighted by Crippen LogP contribution is -2.17. The van der Waals surface area contributed by atoms with Gasteiger partial charge in [-0.25, -0.2) is 0 Å². The summed E-state index contributed by atoms with van der Waals surface area (Å²) in [7, 11) is 5.54. The number of carbonyl (C=O) groups is 1. The van der Waals surface area contributed by atoms with E-state index in [4.69, 9.17) is 4.74 Å². The number of hydrogen-bond donors (Lipinski definition) is 1. The SMILES string of the molecule is COCC(=O)Nc1ccc(CN(C)C)cc1. The molecule has 0 bridgehead atoms. The Kier molecular flexibility index (Phi) is 4.95. The van der Waals surface area contributed by atoms with Crippen LogP contribution in [0, 0.1) is 0 Å². The van der Waals surface area contributed by atoms with E-state index >= 15 is 0 Å². The van der Waals surface area contributed by atoms with Crippen LogP contribution in [-0.2, 0) is 16.1 Å². The largest absolute Gasteiger partial charge is 0.375 e. The molecule has 0 unspecified atom stereocenters. The van der Waals surface area contributed by atoms with Crippen LogP contribution in [-0.4, -0.2) is 38.6 Å². The summed E-state index contributed by atoms with van der Waals surface area (Å²) in [5.41, 5.74) is 2.01. The Morgan fingerprint density at radius 3 is 2.44 bits per heavy atom. The van der Waals surface area contributed by atoms with Crippen molar-refractivity contribution in [3.8, 4) is 0 Å². The zero-order chi connectivity index (χ0) is 12.0. The first kappa shape index (κ1) is 12.7. The Morgan fingerprint density at radius 2 is 1.94 bits per heavy atom. The minimum atomic E-state index is -0.136. The van der Waals surface area contributed by atoms with Gasteiger partial charge in [-0.15, -0.1) is 0 Å². The topological polar surface area (TPSA) is 41.6 Å². The number of hydrogen-bond acceptors (Lipinski definition) is 3. The first-order valence-corrected chi connectivity index (χ1v) is 5.14. The second-order valence-corrected chi connectivity index (χ2v) is 3.92. The summed E-state index contributed by atoms with van der Waals surface area (Å²) in [6.07, 6.45) is 0. The summed E-state index contributed by atoms with van der Waals surface area (Å²) in [5.74, 6) is -0.136. The van der Waals surface area contributed by atoms with Gasteiger partial charge < -0.3 is 15.0 Å². The molecule has 4 heteroatoms. The molecule has 16 heavy (non-hydrogen) atoms. The summed E-state index contributed by atoms with van der Waals surface area (Å²) in [5, 5.41) is 2.75. The van der Waals surface area contributed by atoms with Crippen molar-refractivity contribution in [1.82, 2.24) is 4.90 Å². The first-order chi connectivity index (χ1) is 7.61. The summed E-state index contributed by atoms with van der Waals surface area (Å²) in [6.45, 7) is 0.978. The van der Waals surface area contributed by atoms with E-state index in [0.717, 1.165) is 12.2 Å². The minimum Gasteiger partial charge on any atom is -0.375 e. The molecule has 88 valence electrons. The minimum absolute atomic E-state index is 0.0828. The number of rotatable bonds is 5. The molecule has 0 atom stereocenters. The van der Waals surface area contributed by atoms with Gasteiger partial charge in [0.1, 0.15) is 6.61 Å². The van der Waals surface area contributed by atoms with Gasteiger partial charge in [0.05, 0.1) is 0 Å². The number of amides is 1. The maximum atomic E-state index is 11.2. The Labute approximate surface area is 96.2 Å². The van der Waals surface area contributed by atoms with Gasteiger partial charge in [-0.05, 0) is 31.8 Å². The summed E-state index contributed by atoms with van der Waals surface area (Å²) < 4.78 is 4.73. The molecule has 1 aromatic carbocycles. The molecule has 0 saturated heterocycles. The van der Waals surface area contributed by atoms with Gasteiger partial charge in [-0.3, -0.25) is 4.79 Å². The Hall–Kier alpha value is -1.39. The summed E-state index contributed by atoms with van der Waals surface area (Å²) in [4.78, 5) is 13.3. The molecule has 0 aliphatic carbocycles. The number of ether oxygens (including phenoxy) is 1. The predicted octanol–water partition coefficient (Wildman–Crippen LogP) is 1.33. The fraction of sp³-hybridized carbons (Fsp3) is 0.417. The van der Waals surface area contributed by atoms with Crippen molar-refractivity contribution in [2.24, 2.45) is 0 Å². The molecule has 1 aromatic rings. The molecule has 0 fully saturated rings. The van der Waals surface area contributed by atoms with Gasteiger partial charge in [0.25, 0.3) is 0 Å². The highest BCUT2D eigenvalue weighted by molar-refractivity contribution is 5.91. The number of carbonyl (C=O) groups excluding carboxylic acids is 1. The van der Waals surface area contributed by atoms with E-state index in [9.17, 15) is 4.79 Å². The van der Waals surface area contributed by atoms with E-state index in [2.05, 4.69) is 10.2 Å². The maximum Gasteiger partial charge on any atom is 0.250 e. The van der Waals surface area contributed by atoms with Crippen LogP contribution in [0.25, 0.3) is 0 Å². The van der Waals surface area contributed by atoms with Crippen molar-refractivity contribution in [2.45, 2.75) is 6.54 Å². The van der Waals surface area contributed by atoms with Crippen LogP contribution in [0.3, 0.4) is 0 Å². The standard InChI is InChI=1S/C12H18N2O2/c1-14(2)8-10-4-6-11(7-5-10)13-12(15)9-16-3/h4-7H,8-9H2,1-3H3,(H,13,15). The number of nitrogens with zero attached hydrogens (tertiary/aromatic N) is 1. The van der Waals surface area contributed by atoms with E-state index in [1.807, 2.05) is 38.4 Å². The van der Waals surface area contributed by atoms with Crippen molar-refractivity contribution in [3.05, 3.63) is 29.8 Å². The van der Waals surface area contributed by atoms with Gasteiger partial charge in [0, 0.05) is 19.3 Å². The number of nitrogens with one attached hydrogen (secondary N) is 1. The fourth-order valence-electron chi connectivity index (χ4n) is 1.39. The van der Waals surface area contributed by atoms with Crippen LogP contribution in [0.2, 0.25) is 0 Å². The molecule has 1 N–H and O–H groups in total. The Bertz CT molecular complexity index is 333. The van der Waals surface area contributed by atoms with Crippen LogP contribution >= 0.6 is 0 Å². The van der Waals surface area contributed by atoms with Gasteiger partial charge in [0.2, 0.25) is 5.91 Å². The molecule has 0 radical (unpaired) electrons. The Morgan fingerprint density at radius 1 is 1.31 bits per heavy atom. The zero-order valence-electron chi connectivity index (χ0n) is 9.99. The highest BCUT2D eigenvalue weighted by Crippen LogP contribution is 2.10. The average molecular weight is 222 g/mol. The van der Waals surface area contributed by atoms with Crippen molar-refractivity contribution in [2.75, 3.05) is 33.1 Å². The third kappa shape index (κ3) is 4.42. The van der Waals surface area contributed by atoms with Gasteiger partial charge in [0.15, 0.2) is 0 Å². The molecule has 0 aliphatic heterocycles. The summed E-state index contributed by atoms with van der Waals surface area (Å²) >= 11 is 0. The number of benzene rings is 1. The van der Waals surface area contributed by atoms with Crippen LogP contribution < -0.4 is 5.32 Å². The molecule has 0 aromatic heterocycles. The van der Waals surface area contributed by atoms with Crippen LogP contribution in [0.15, 0.2) is 24.3 Å². The molecule has 1 amide bonds. The van der Waals surface area contributed by atoms with Gasteiger partial charge in [-0.1, -0.05) is 12.1 Å². The van der Waals surface area contributed by atoms with Crippen LogP contribution in [0.1, 0.15) is 5.56 Å². The Balaban J connectivity index is 2.54. The van der Waals surface area contributed by atoms with Crippen LogP contribution in [0.4, 0.5) is 5.69 Å². The van der Waals surface area contributed by atoms with E-state index in [0.29, 0.717) is 0 Å². The third-order valence-corrected chi connectivity index (χ3v) is 2.01. The summed E-state index contributed by atoms with van der Waals surface area (Å²) in [6, 6.07) is 7.80. The molecule has 0 heterocycles. The van der Waals surface area contributed by atoms with Crippen molar-refractivity contribution in [1.29, 1.82) is 0 Å². The molecule has 0 spiro atoms. The quantitative estimate of drug-likeness (QED) is 0.817. The van der Waals surface area contributed by atoms with E-state index < -0.39 is 0 Å². The first-order valence-electron chi connectivity index (χ1n) is 5.14. The average Bonchev–Trinajstić information content (AvgIpc) is 2.20. The molecular formula is C12H18N2O2. The van der Waals surface area contributed by atoms with E-state index in [1.54, 1.807) is 0 Å². The second kappa shape index (κ2) is 6.25. The van der Waals surface area contributed by atoms with Crippen molar-refractivity contribution < 1.29 is 9.53 Å². The molecule has 4 nitrogen and oxygen atoms in total. The lowest BCUT2D eigenvalue weighted by molar-refractivity contribution is -0.119. The van der Waals surface area contributed by atoms with Crippen molar-refractivity contribution in [3.63, 3.8) is 0 Å². The van der Waals surface area contributed by atoms with Crippen LogP contribution in [0.5, 0.6) is 0 Å². The molecule has 1 rings (SSSR count). The molecule has 0 saturated carbocycles. The van der Waals surface area contributed by atoms with Gasteiger partial charge in [-0.2, -0.15) is 0 Å². The third-order valence-electron chi connectivity index (χ3n) is 2.01. The lowest BCUT2D eigenvalue weighted by atomic mass is 10.2. The maximum absolute atomic E-state index is 11.2. The van der Waals surface area contributed by atoms with E-state index in [1.165, 1.54) is 12.7 Å². The fourth-order valence-corrected chi connectivity index (χ4v) is 1.39. The monoisotopic (exact) mass is 222 g/mol. The van der Waals surface area contributed by atoms with Crippen molar-refractivity contribution >= 4 is 11.6 Å². The van der Waals surface area contributed by atoms with Gasteiger partial charge >= 0.3 is 0 Å². The number of methoxy groups -OCH3 is 1. The smallest absolute Gasteiger partial charge is 0.250 e. The molecular weight excluding hydrogens is 204 g/mol. The lowest BCUT2D eigenvalue weighted by Gasteiger charge is -2.10. The highest BCUT2D eigenvalue weighted by atomic mass is 16.5. The predicted molar refractivity (Wildman–Crippen MR) is 64.3 cm³/mol. The normalized spacial score (nSPS) is 10.5. The number of anilines is 1. The molecule has 0 aliphatic rings. The second-order valence-electron chi connectivity index (χ2n) is 3.92. The zero-order valence-corrected chi connectivity index (χ0v) is 9.99. The highest BCUT2D eigenvalue weighted by Gasteiger charge is 2.01. The van der Waals surface area contributed by atoms with E-state index in [-0.39, 0.29) is 12.5 Å².